The number of amides is 1. The number of carbonyl (C=O) groups excluding carboxylic acids is 1. The molecule has 1 aliphatic heterocycles. The Morgan fingerprint density at radius 1 is 1.32 bits per heavy atom. The standard InChI is InChI=1S/C14H17NO4/c1-2-9-3-5-10(6-4-9)13(17)15-8-11(16)7-12(15)14(18)19/h3-6,11-12,16H,2,7-8H2,1H3,(H,18,19)/t11-,12-/m1/s1. The summed E-state index contributed by atoms with van der Waals surface area (Å²) in [5, 5.41) is 18.6. The van der Waals surface area contributed by atoms with E-state index in [1.165, 1.54) is 4.90 Å². The van der Waals surface area contributed by atoms with Crippen LogP contribution in [-0.2, 0) is 11.2 Å². The minimum atomic E-state index is -1.07. The molecule has 2 atom stereocenters. The number of aliphatic carboxylic acids is 1. The fourth-order valence-corrected chi connectivity index (χ4v) is 2.32. The summed E-state index contributed by atoms with van der Waals surface area (Å²) in [6.07, 6.45) is 0.211. The summed E-state index contributed by atoms with van der Waals surface area (Å²) in [6.45, 7) is 2.10. The number of carboxylic acid groups (broad SMARTS) is 1. The maximum absolute atomic E-state index is 12.3. The topological polar surface area (TPSA) is 77.8 Å². The second-order valence-electron chi connectivity index (χ2n) is 4.75. The molecule has 1 heterocycles. The Morgan fingerprint density at radius 3 is 2.47 bits per heavy atom. The van der Waals surface area contributed by atoms with Crippen molar-refractivity contribution in [3.63, 3.8) is 0 Å². The van der Waals surface area contributed by atoms with Gasteiger partial charge in [0.1, 0.15) is 6.04 Å². The first-order chi connectivity index (χ1) is 9.02. The third-order valence-corrected chi connectivity index (χ3v) is 3.43. The maximum atomic E-state index is 12.3. The zero-order valence-corrected chi connectivity index (χ0v) is 10.7. The van der Waals surface area contributed by atoms with Gasteiger partial charge in [-0.15, -0.1) is 0 Å². The van der Waals surface area contributed by atoms with E-state index in [0.717, 1.165) is 12.0 Å². The van der Waals surface area contributed by atoms with E-state index in [0.29, 0.717) is 5.56 Å². The van der Waals surface area contributed by atoms with Crippen LogP contribution < -0.4 is 0 Å². The van der Waals surface area contributed by atoms with Gasteiger partial charge in [-0.1, -0.05) is 19.1 Å². The minimum Gasteiger partial charge on any atom is -0.480 e. The molecule has 1 saturated heterocycles. The van der Waals surface area contributed by atoms with Crippen molar-refractivity contribution in [3.05, 3.63) is 35.4 Å². The number of β-amino-alcohol motifs (C(OH)–C–C–N with tert-alkyl or cyclic N) is 1. The quantitative estimate of drug-likeness (QED) is 0.849. The van der Waals surface area contributed by atoms with E-state index in [9.17, 15) is 14.7 Å². The van der Waals surface area contributed by atoms with E-state index < -0.39 is 18.1 Å². The second kappa shape index (κ2) is 5.40. The number of rotatable bonds is 3. The first kappa shape index (κ1) is 13.5. The van der Waals surface area contributed by atoms with Gasteiger partial charge in [-0.3, -0.25) is 4.79 Å². The summed E-state index contributed by atoms with van der Waals surface area (Å²) in [6, 6.07) is 6.17. The molecule has 0 spiro atoms. The molecule has 0 aromatic heterocycles. The molecule has 0 radical (unpaired) electrons. The normalized spacial score (nSPS) is 22.5. The zero-order valence-electron chi connectivity index (χ0n) is 10.7. The highest BCUT2D eigenvalue weighted by Crippen LogP contribution is 2.21. The van der Waals surface area contributed by atoms with Gasteiger partial charge in [0.25, 0.3) is 5.91 Å². The van der Waals surface area contributed by atoms with Crippen LogP contribution in [0.25, 0.3) is 0 Å². The van der Waals surface area contributed by atoms with Gasteiger partial charge in [0, 0.05) is 18.5 Å². The number of benzene rings is 1. The highest BCUT2D eigenvalue weighted by atomic mass is 16.4. The largest absolute Gasteiger partial charge is 0.480 e. The third-order valence-electron chi connectivity index (χ3n) is 3.43. The lowest BCUT2D eigenvalue weighted by Gasteiger charge is -2.21. The molecule has 1 aliphatic rings. The molecule has 2 N–H and O–H groups in total. The van der Waals surface area contributed by atoms with Gasteiger partial charge in [-0.2, -0.15) is 0 Å². The van der Waals surface area contributed by atoms with E-state index >= 15 is 0 Å². The van der Waals surface area contributed by atoms with Crippen LogP contribution in [0.5, 0.6) is 0 Å². The van der Waals surface area contributed by atoms with Crippen molar-refractivity contribution in [3.8, 4) is 0 Å². The number of carbonyl (C=O) groups is 2. The molecule has 0 aliphatic carbocycles. The molecule has 1 aromatic rings. The predicted octanol–water partition coefficient (Wildman–Crippen LogP) is 0.909. The summed E-state index contributed by atoms with van der Waals surface area (Å²) >= 11 is 0. The Hall–Kier alpha value is -1.88. The lowest BCUT2D eigenvalue weighted by molar-refractivity contribution is -0.141. The number of nitrogens with zero attached hydrogens (tertiary/aromatic N) is 1. The molecule has 19 heavy (non-hydrogen) atoms. The number of hydrogen-bond acceptors (Lipinski definition) is 3. The van der Waals surface area contributed by atoms with Crippen LogP contribution >= 0.6 is 0 Å². The van der Waals surface area contributed by atoms with Crippen LogP contribution in [0.4, 0.5) is 0 Å². The minimum absolute atomic E-state index is 0.0747. The fourth-order valence-electron chi connectivity index (χ4n) is 2.32. The first-order valence-electron chi connectivity index (χ1n) is 6.33. The molecule has 5 heteroatoms. The van der Waals surface area contributed by atoms with Gasteiger partial charge in [0.15, 0.2) is 0 Å². The summed E-state index contributed by atoms with van der Waals surface area (Å²) in [5.41, 5.74) is 1.57. The highest BCUT2D eigenvalue weighted by Gasteiger charge is 2.39. The number of likely N-dealkylation sites (tertiary alicyclic amines) is 1. The van der Waals surface area contributed by atoms with Crippen molar-refractivity contribution in [2.24, 2.45) is 0 Å². The fraction of sp³-hybridized carbons (Fsp3) is 0.429. The Bertz CT molecular complexity index is 483. The molecule has 1 amide bonds. The lowest BCUT2D eigenvalue weighted by atomic mass is 10.1. The average Bonchev–Trinajstić information content (AvgIpc) is 2.80. The Balaban J connectivity index is 2.20. The van der Waals surface area contributed by atoms with Crippen LogP contribution in [0.15, 0.2) is 24.3 Å². The van der Waals surface area contributed by atoms with Gasteiger partial charge >= 0.3 is 5.97 Å². The SMILES string of the molecule is CCc1ccc(C(=O)N2C[C@H](O)C[C@@H]2C(=O)O)cc1. The van der Waals surface area contributed by atoms with E-state index in [2.05, 4.69) is 0 Å². The molecule has 0 unspecified atom stereocenters. The van der Waals surface area contributed by atoms with Crippen LogP contribution in [0.3, 0.4) is 0 Å². The summed E-state index contributed by atoms with van der Waals surface area (Å²) in [5.74, 6) is -1.42. The Kier molecular flexibility index (Phi) is 3.85. The first-order valence-corrected chi connectivity index (χ1v) is 6.33. The summed E-state index contributed by atoms with van der Waals surface area (Å²) in [7, 11) is 0. The van der Waals surface area contributed by atoms with Crippen LogP contribution in [0.1, 0.15) is 29.3 Å². The molecule has 1 aromatic carbocycles. The summed E-state index contributed by atoms with van der Waals surface area (Å²) < 4.78 is 0. The Morgan fingerprint density at radius 2 is 1.95 bits per heavy atom. The molecular weight excluding hydrogens is 246 g/mol. The number of aliphatic hydroxyl groups excluding tert-OH is 1. The van der Waals surface area contributed by atoms with Crippen LogP contribution in [0.2, 0.25) is 0 Å². The maximum Gasteiger partial charge on any atom is 0.326 e. The van der Waals surface area contributed by atoms with Crippen molar-refractivity contribution in [2.45, 2.75) is 31.9 Å². The molecule has 102 valence electrons. The van der Waals surface area contributed by atoms with E-state index in [-0.39, 0.29) is 18.9 Å². The summed E-state index contributed by atoms with van der Waals surface area (Å²) in [4.78, 5) is 24.6. The van der Waals surface area contributed by atoms with Gasteiger partial charge in [0.2, 0.25) is 0 Å². The van der Waals surface area contributed by atoms with E-state index in [1.807, 2.05) is 19.1 Å². The predicted molar refractivity (Wildman–Crippen MR) is 68.9 cm³/mol. The van der Waals surface area contributed by atoms with Crippen LogP contribution in [-0.4, -0.2) is 45.7 Å². The molecule has 0 bridgehead atoms. The van der Waals surface area contributed by atoms with Gasteiger partial charge in [0.05, 0.1) is 6.10 Å². The van der Waals surface area contributed by atoms with E-state index in [1.54, 1.807) is 12.1 Å². The average molecular weight is 263 g/mol. The smallest absolute Gasteiger partial charge is 0.326 e. The van der Waals surface area contributed by atoms with Crippen molar-refractivity contribution < 1.29 is 19.8 Å². The van der Waals surface area contributed by atoms with Gasteiger partial charge < -0.3 is 15.1 Å². The monoisotopic (exact) mass is 263 g/mol. The van der Waals surface area contributed by atoms with Crippen molar-refractivity contribution >= 4 is 11.9 Å². The molecular formula is C14H17NO4. The highest BCUT2D eigenvalue weighted by molar-refractivity contribution is 5.97. The number of aliphatic hydroxyl groups is 1. The molecule has 5 nitrogen and oxygen atoms in total. The number of carboxylic acids is 1. The van der Waals surface area contributed by atoms with E-state index in [4.69, 9.17) is 5.11 Å². The lowest BCUT2D eigenvalue weighted by Crippen LogP contribution is -2.40. The zero-order chi connectivity index (χ0) is 14.0. The molecule has 2 rings (SSSR count). The van der Waals surface area contributed by atoms with Crippen molar-refractivity contribution in [1.82, 2.24) is 4.90 Å². The number of aryl methyl sites for hydroxylation is 1. The van der Waals surface area contributed by atoms with Crippen molar-refractivity contribution in [1.29, 1.82) is 0 Å². The van der Waals surface area contributed by atoms with Crippen LogP contribution in [0, 0.1) is 0 Å². The Labute approximate surface area is 111 Å². The third kappa shape index (κ3) is 2.76. The molecule has 1 fully saturated rings. The second-order valence-corrected chi connectivity index (χ2v) is 4.75. The van der Waals surface area contributed by atoms with Gasteiger partial charge in [-0.25, -0.2) is 4.79 Å². The number of hydrogen-bond donors (Lipinski definition) is 2. The molecule has 0 saturated carbocycles. The van der Waals surface area contributed by atoms with Gasteiger partial charge in [-0.05, 0) is 24.1 Å². The van der Waals surface area contributed by atoms with Crippen molar-refractivity contribution in [2.75, 3.05) is 6.54 Å².